The summed E-state index contributed by atoms with van der Waals surface area (Å²) in [4.78, 5) is 10.3. The highest BCUT2D eigenvalue weighted by Gasteiger charge is 2.27. The van der Waals surface area contributed by atoms with Crippen molar-refractivity contribution in [3.05, 3.63) is 193 Å². The Hall–Kier alpha value is -7.04. The van der Waals surface area contributed by atoms with E-state index in [0.29, 0.717) is 5.82 Å². The Labute approximate surface area is 312 Å². The van der Waals surface area contributed by atoms with Gasteiger partial charge in [0.1, 0.15) is 5.58 Å². The molecule has 3 heterocycles. The van der Waals surface area contributed by atoms with Gasteiger partial charge in [0.15, 0.2) is 11.4 Å². The highest BCUT2D eigenvalue weighted by Crippen LogP contribution is 2.44. The molecule has 0 bridgehead atoms. The lowest BCUT2D eigenvalue weighted by molar-refractivity contribution is 0.664. The fourth-order valence-corrected chi connectivity index (χ4v) is 8.46. The average Bonchev–Trinajstić information content (AvgIpc) is 3.79. The van der Waals surface area contributed by atoms with Crippen LogP contribution < -0.4 is 0 Å². The quantitative estimate of drug-likeness (QED) is 0.180. The summed E-state index contributed by atoms with van der Waals surface area (Å²) in [5.74, 6) is 0.970. The number of para-hydroxylation sites is 2. The Balaban J connectivity index is 1.17. The van der Waals surface area contributed by atoms with E-state index < -0.39 is 0 Å². The van der Waals surface area contributed by atoms with Crippen LogP contribution in [0.2, 0.25) is 0 Å². The summed E-state index contributed by atoms with van der Waals surface area (Å²) in [6.07, 6.45) is 5.58. The van der Waals surface area contributed by atoms with Crippen LogP contribution in [0.3, 0.4) is 0 Å². The van der Waals surface area contributed by atoms with Crippen LogP contribution in [-0.2, 0) is 6.42 Å². The predicted octanol–water partition coefficient (Wildman–Crippen LogP) is 12.8. The van der Waals surface area contributed by atoms with Crippen molar-refractivity contribution >= 4 is 49.8 Å². The third kappa shape index (κ3) is 4.84. The van der Waals surface area contributed by atoms with Gasteiger partial charge in [0.25, 0.3) is 0 Å². The van der Waals surface area contributed by atoms with Crippen LogP contribution in [0, 0.1) is 0 Å². The zero-order valence-electron chi connectivity index (χ0n) is 29.4. The number of hydrogen-bond acceptors (Lipinski definition) is 3. The molecule has 54 heavy (non-hydrogen) atoms. The van der Waals surface area contributed by atoms with Gasteiger partial charge in [0, 0.05) is 49.8 Å². The minimum Gasteiger partial charge on any atom is -0.454 e. The average molecular weight is 692 g/mol. The zero-order chi connectivity index (χ0) is 35.6. The minimum atomic E-state index is 0.265. The van der Waals surface area contributed by atoms with Gasteiger partial charge in [0.2, 0.25) is 0 Å². The lowest BCUT2D eigenvalue weighted by Gasteiger charge is -2.20. The number of rotatable bonds is 5. The Morgan fingerprint density at radius 1 is 0.574 bits per heavy atom. The van der Waals surface area contributed by atoms with Gasteiger partial charge >= 0.3 is 0 Å². The molecular formula is C50H33N3O. The molecule has 1 atom stereocenters. The van der Waals surface area contributed by atoms with Gasteiger partial charge in [-0.15, -0.1) is 0 Å². The van der Waals surface area contributed by atoms with E-state index in [0.717, 1.165) is 61.8 Å². The van der Waals surface area contributed by atoms with Crippen LogP contribution in [0.1, 0.15) is 22.7 Å². The van der Waals surface area contributed by atoms with E-state index in [1.165, 1.54) is 38.9 Å². The molecular weight excluding hydrogens is 659 g/mol. The Kier molecular flexibility index (Phi) is 6.96. The number of allylic oxidation sites excluding steroid dienone is 1. The normalized spacial score (nSPS) is 14.0. The lowest BCUT2D eigenvalue weighted by atomic mass is 9.88. The van der Waals surface area contributed by atoms with E-state index >= 15 is 0 Å². The van der Waals surface area contributed by atoms with Crippen LogP contribution in [0.5, 0.6) is 0 Å². The molecule has 0 aliphatic heterocycles. The fourth-order valence-electron chi connectivity index (χ4n) is 8.46. The summed E-state index contributed by atoms with van der Waals surface area (Å²) in [6.45, 7) is 0. The minimum absolute atomic E-state index is 0.265. The molecule has 254 valence electrons. The van der Waals surface area contributed by atoms with Crippen LogP contribution in [0.15, 0.2) is 180 Å². The topological polar surface area (TPSA) is 43.9 Å². The van der Waals surface area contributed by atoms with Gasteiger partial charge in [-0.2, -0.15) is 0 Å². The van der Waals surface area contributed by atoms with Gasteiger partial charge in [-0.05, 0) is 47.4 Å². The van der Waals surface area contributed by atoms with Gasteiger partial charge in [-0.3, -0.25) is 0 Å². The Morgan fingerprint density at radius 3 is 2.13 bits per heavy atom. The molecule has 1 aliphatic carbocycles. The molecule has 3 aromatic heterocycles. The molecule has 0 fully saturated rings. The fraction of sp³-hybridized carbons (Fsp3) is 0.0400. The zero-order valence-corrected chi connectivity index (χ0v) is 29.4. The number of nitrogens with zero attached hydrogens (tertiary/aromatic N) is 3. The van der Waals surface area contributed by atoms with E-state index in [2.05, 4.69) is 162 Å². The van der Waals surface area contributed by atoms with Crippen molar-refractivity contribution in [3.63, 3.8) is 0 Å². The highest BCUT2D eigenvalue weighted by molar-refractivity contribution is 6.16. The van der Waals surface area contributed by atoms with Crippen molar-refractivity contribution in [2.45, 2.75) is 12.3 Å². The number of benzene rings is 7. The SMILES string of the molecule is C1=CC(c2ccccc2)Cc2c1c1ccc(-c3ccccc3)cc1n2-c1cccc2c1oc1cccc(-c3nc(-c4ccccc4)nc4ccccc34)c12. The molecule has 0 radical (unpaired) electrons. The maximum absolute atomic E-state index is 6.98. The van der Waals surface area contributed by atoms with Crippen LogP contribution >= 0.6 is 0 Å². The predicted molar refractivity (Wildman–Crippen MR) is 222 cm³/mol. The smallest absolute Gasteiger partial charge is 0.160 e. The van der Waals surface area contributed by atoms with Crippen LogP contribution in [-0.4, -0.2) is 14.5 Å². The van der Waals surface area contributed by atoms with Crippen molar-refractivity contribution < 1.29 is 4.42 Å². The molecule has 1 unspecified atom stereocenters. The van der Waals surface area contributed by atoms with Gasteiger partial charge in [-0.25, -0.2) is 9.97 Å². The molecule has 0 saturated heterocycles. The third-order valence-corrected chi connectivity index (χ3v) is 11.0. The van der Waals surface area contributed by atoms with E-state index in [9.17, 15) is 0 Å². The molecule has 4 nitrogen and oxygen atoms in total. The molecule has 11 rings (SSSR count). The maximum Gasteiger partial charge on any atom is 0.160 e. The van der Waals surface area contributed by atoms with Crippen LogP contribution in [0.4, 0.5) is 0 Å². The van der Waals surface area contributed by atoms with E-state index in [1.54, 1.807) is 0 Å². The van der Waals surface area contributed by atoms with Gasteiger partial charge in [0.05, 0.1) is 22.4 Å². The second kappa shape index (κ2) is 12.3. The van der Waals surface area contributed by atoms with Crippen LogP contribution in [0.25, 0.3) is 89.3 Å². The Bertz CT molecular complexity index is 3070. The summed E-state index contributed by atoms with van der Waals surface area (Å²) in [5.41, 5.74) is 14.0. The van der Waals surface area contributed by atoms with Crippen molar-refractivity contribution in [1.29, 1.82) is 0 Å². The number of aromatic nitrogens is 3. The second-order valence-corrected chi connectivity index (χ2v) is 14.1. The number of hydrogen-bond donors (Lipinski definition) is 0. The monoisotopic (exact) mass is 691 g/mol. The summed E-state index contributed by atoms with van der Waals surface area (Å²) >= 11 is 0. The first-order chi connectivity index (χ1) is 26.8. The van der Waals surface area contributed by atoms with Gasteiger partial charge in [-0.1, -0.05) is 158 Å². The summed E-state index contributed by atoms with van der Waals surface area (Å²) < 4.78 is 9.45. The Morgan fingerprint density at radius 2 is 1.30 bits per heavy atom. The summed E-state index contributed by atoms with van der Waals surface area (Å²) in [5, 5.41) is 4.35. The third-order valence-electron chi connectivity index (χ3n) is 11.0. The van der Waals surface area contributed by atoms with Gasteiger partial charge < -0.3 is 8.98 Å². The standard InChI is InChI=1S/C50H33N3O/c1-4-14-32(15-5-1)35-26-28-37-38-29-27-36(33-16-6-2-7-17-33)31-45(38)53(44(37)30-35)43-24-12-22-41-47-40(21-13-25-46(47)54-49(41)43)48-39-20-10-11-23-42(39)51-50(52-48)34-18-8-3-9-19-34/h1-30,36H,31H2. The molecule has 7 aromatic carbocycles. The van der Waals surface area contributed by atoms with Crippen molar-refractivity contribution in [2.75, 3.05) is 0 Å². The summed E-state index contributed by atoms with van der Waals surface area (Å²) in [6, 6.07) is 59.8. The first kappa shape index (κ1) is 30.6. The molecule has 0 saturated carbocycles. The second-order valence-electron chi connectivity index (χ2n) is 14.1. The number of fused-ring (bicyclic) bond motifs is 7. The molecule has 4 heteroatoms. The highest BCUT2D eigenvalue weighted by atomic mass is 16.3. The lowest BCUT2D eigenvalue weighted by Crippen LogP contribution is -2.10. The van der Waals surface area contributed by atoms with E-state index in [-0.39, 0.29) is 5.92 Å². The molecule has 10 aromatic rings. The largest absolute Gasteiger partial charge is 0.454 e. The maximum atomic E-state index is 6.98. The van der Waals surface area contributed by atoms with E-state index in [4.69, 9.17) is 14.4 Å². The first-order valence-electron chi connectivity index (χ1n) is 18.5. The van der Waals surface area contributed by atoms with Crippen molar-refractivity contribution in [3.8, 4) is 39.5 Å². The number of furan rings is 1. The molecule has 0 spiro atoms. The van der Waals surface area contributed by atoms with E-state index in [1.807, 2.05) is 24.3 Å². The molecule has 0 amide bonds. The van der Waals surface area contributed by atoms with Crippen molar-refractivity contribution in [2.24, 2.45) is 0 Å². The first-order valence-corrected chi connectivity index (χ1v) is 18.5. The van der Waals surface area contributed by atoms with Crippen molar-refractivity contribution in [1.82, 2.24) is 14.5 Å². The molecule has 0 N–H and O–H groups in total. The molecule has 1 aliphatic rings. The summed E-state index contributed by atoms with van der Waals surface area (Å²) in [7, 11) is 0.